The fourth-order valence-electron chi connectivity index (χ4n) is 2.39. The van der Waals surface area contributed by atoms with Gasteiger partial charge in [0.15, 0.2) is 17.3 Å². The number of phenolic OH excluding ortho intramolecular Hbond substituents is 1. The summed E-state index contributed by atoms with van der Waals surface area (Å²) in [5, 5.41) is 19.1. The molecule has 1 atom stereocenters. The Hall–Kier alpha value is -3.15. The molecular weight excluding hydrogens is 336 g/mol. The van der Waals surface area contributed by atoms with Crippen LogP contribution in [-0.2, 0) is 14.3 Å². The number of aliphatic hydroxyl groups is 1. The number of hydrogen-bond donors (Lipinski definition) is 2. The van der Waals surface area contributed by atoms with Crippen LogP contribution in [0, 0.1) is 5.92 Å². The molecule has 2 rings (SSSR count). The first-order valence-electron chi connectivity index (χ1n) is 8.06. The highest BCUT2D eigenvalue weighted by molar-refractivity contribution is 5.87. The summed E-state index contributed by atoms with van der Waals surface area (Å²) in [6.07, 6.45) is 10.5. The second-order valence-corrected chi connectivity index (χ2v) is 5.56. The van der Waals surface area contributed by atoms with E-state index in [-0.39, 0.29) is 24.0 Å². The van der Waals surface area contributed by atoms with E-state index in [0.29, 0.717) is 23.5 Å². The molecule has 0 fully saturated rings. The molecule has 1 aliphatic rings. The van der Waals surface area contributed by atoms with E-state index < -0.39 is 5.97 Å². The van der Waals surface area contributed by atoms with Crippen LogP contribution in [0.2, 0.25) is 0 Å². The number of ether oxygens (including phenoxy) is 3. The molecule has 1 aromatic carbocycles. The third-order valence-electron chi connectivity index (χ3n) is 3.78. The van der Waals surface area contributed by atoms with E-state index in [1.54, 1.807) is 30.4 Å². The number of carbonyl (C=O) groups excluding carboxylic acids is 1. The van der Waals surface area contributed by atoms with Gasteiger partial charge in [-0.1, -0.05) is 24.3 Å². The number of benzene rings is 1. The Morgan fingerprint density at radius 1 is 1.27 bits per heavy atom. The van der Waals surface area contributed by atoms with Gasteiger partial charge in [0.1, 0.15) is 12.4 Å². The second-order valence-electron chi connectivity index (χ2n) is 5.56. The predicted molar refractivity (Wildman–Crippen MR) is 97.7 cm³/mol. The number of hydrogen-bond acceptors (Lipinski definition) is 6. The van der Waals surface area contributed by atoms with Crippen LogP contribution in [0.15, 0.2) is 60.1 Å². The average molecular weight is 358 g/mol. The standard InChI is InChI=1S/C20H22O6/c1-24-18-12-14(5-8-16(18)21)4-3-11-26-20(23)10-7-15-6-9-17(22)19(13-15)25-2/h3-10,13-14,21-22H,11-12H2,1-2H3/b4-3+,10-7+. The van der Waals surface area contributed by atoms with E-state index in [4.69, 9.17) is 14.2 Å². The highest BCUT2D eigenvalue weighted by Crippen LogP contribution is 2.26. The monoisotopic (exact) mass is 358 g/mol. The first kappa shape index (κ1) is 19.2. The van der Waals surface area contributed by atoms with Crippen LogP contribution in [-0.4, -0.2) is 37.0 Å². The number of aliphatic hydroxyl groups excluding tert-OH is 1. The zero-order chi connectivity index (χ0) is 18.9. The molecule has 0 aliphatic heterocycles. The van der Waals surface area contributed by atoms with Crippen molar-refractivity contribution in [2.24, 2.45) is 5.92 Å². The zero-order valence-corrected chi connectivity index (χ0v) is 14.7. The first-order chi connectivity index (χ1) is 12.5. The Labute approximate surface area is 152 Å². The van der Waals surface area contributed by atoms with Gasteiger partial charge in [-0.3, -0.25) is 0 Å². The van der Waals surface area contributed by atoms with E-state index >= 15 is 0 Å². The summed E-state index contributed by atoms with van der Waals surface area (Å²) in [5.74, 6) is 0.648. The highest BCUT2D eigenvalue weighted by Gasteiger charge is 2.14. The van der Waals surface area contributed by atoms with Crippen molar-refractivity contribution in [1.82, 2.24) is 0 Å². The molecule has 0 aromatic heterocycles. The first-order valence-corrected chi connectivity index (χ1v) is 8.06. The van der Waals surface area contributed by atoms with Crippen molar-refractivity contribution in [3.8, 4) is 11.5 Å². The number of rotatable bonds is 7. The van der Waals surface area contributed by atoms with Crippen molar-refractivity contribution >= 4 is 12.0 Å². The number of methoxy groups -OCH3 is 2. The van der Waals surface area contributed by atoms with Crippen molar-refractivity contribution in [3.05, 3.63) is 65.7 Å². The summed E-state index contributed by atoms with van der Waals surface area (Å²) in [6, 6.07) is 4.77. The average Bonchev–Trinajstić information content (AvgIpc) is 2.65. The molecular formula is C20H22O6. The van der Waals surface area contributed by atoms with E-state index in [9.17, 15) is 15.0 Å². The van der Waals surface area contributed by atoms with Crippen LogP contribution in [0.1, 0.15) is 12.0 Å². The molecule has 1 aliphatic carbocycles. The molecule has 0 saturated carbocycles. The minimum atomic E-state index is -0.476. The van der Waals surface area contributed by atoms with Gasteiger partial charge in [0.05, 0.1) is 14.2 Å². The summed E-state index contributed by atoms with van der Waals surface area (Å²) in [6.45, 7) is 0.143. The fourth-order valence-corrected chi connectivity index (χ4v) is 2.39. The van der Waals surface area contributed by atoms with Gasteiger partial charge in [-0.05, 0) is 29.8 Å². The third kappa shape index (κ3) is 5.44. The number of allylic oxidation sites excluding steroid dienone is 4. The van der Waals surface area contributed by atoms with Crippen molar-refractivity contribution in [1.29, 1.82) is 0 Å². The van der Waals surface area contributed by atoms with Crippen LogP contribution in [0.3, 0.4) is 0 Å². The van der Waals surface area contributed by atoms with Crippen molar-refractivity contribution < 1.29 is 29.2 Å². The van der Waals surface area contributed by atoms with Crippen LogP contribution in [0.4, 0.5) is 0 Å². The molecule has 6 nitrogen and oxygen atoms in total. The minimum absolute atomic E-state index is 0.0360. The van der Waals surface area contributed by atoms with Crippen molar-refractivity contribution in [2.75, 3.05) is 20.8 Å². The van der Waals surface area contributed by atoms with E-state index in [1.807, 2.05) is 12.2 Å². The Bertz CT molecular complexity index is 758. The molecule has 0 heterocycles. The Morgan fingerprint density at radius 3 is 2.81 bits per heavy atom. The SMILES string of the molecule is COC1=C(O)C=CC(/C=C/COC(=O)/C=C/c2ccc(O)c(OC)c2)C1. The van der Waals surface area contributed by atoms with Gasteiger partial charge in [0, 0.05) is 18.4 Å². The maximum absolute atomic E-state index is 11.7. The molecule has 0 amide bonds. The molecule has 0 saturated heterocycles. The quantitative estimate of drug-likeness (QED) is 0.441. The number of phenols is 1. The lowest BCUT2D eigenvalue weighted by molar-refractivity contribution is -0.136. The van der Waals surface area contributed by atoms with E-state index in [1.165, 1.54) is 26.4 Å². The topological polar surface area (TPSA) is 85.2 Å². The molecule has 26 heavy (non-hydrogen) atoms. The number of esters is 1. The van der Waals surface area contributed by atoms with Gasteiger partial charge in [-0.2, -0.15) is 0 Å². The molecule has 1 unspecified atom stereocenters. The van der Waals surface area contributed by atoms with Gasteiger partial charge < -0.3 is 24.4 Å². The lowest BCUT2D eigenvalue weighted by Gasteiger charge is -2.16. The van der Waals surface area contributed by atoms with Crippen molar-refractivity contribution in [3.63, 3.8) is 0 Å². The largest absolute Gasteiger partial charge is 0.504 e. The maximum atomic E-state index is 11.7. The lowest BCUT2D eigenvalue weighted by atomic mass is 9.98. The van der Waals surface area contributed by atoms with Crippen LogP contribution in [0.25, 0.3) is 6.08 Å². The Kier molecular flexibility index (Phi) is 6.91. The third-order valence-corrected chi connectivity index (χ3v) is 3.78. The molecule has 0 radical (unpaired) electrons. The minimum Gasteiger partial charge on any atom is -0.504 e. The molecule has 138 valence electrons. The highest BCUT2D eigenvalue weighted by atomic mass is 16.5. The lowest BCUT2D eigenvalue weighted by Crippen LogP contribution is -2.05. The Balaban J connectivity index is 1.80. The van der Waals surface area contributed by atoms with Gasteiger partial charge in [-0.25, -0.2) is 4.79 Å². The normalized spacial score (nSPS) is 17.1. The van der Waals surface area contributed by atoms with Crippen LogP contribution < -0.4 is 4.74 Å². The molecule has 1 aromatic rings. The van der Waals surface area contributed by atoms with Crippen molar-refractivity contribution in [2.45, 2.75) is 6.42 Å². The summed E-state index contributed by atoms with van der Waals surface area (Å²) >= 11 is 0. The molecule has 2 N–H and O–H groups in total. The molecule has 6 heteroatoms. The molecule has 0 spiro atoms. The van der Waals surface area contributed by atoms with Gasteiger partial charge >= 0.3 is 5.97 Å². The fraction of sp³-hybridized carbons (Fsp3) is 0.250. The summed E-state index contributed by atoms with van der Waals surface area (Å²) in [7, 11) is 2.97. The van der Waals surface area contributed by atoms with Crippen LogP contribution >= 0.6 is 0 Å². The smallest absolute Gasteiger partial charge is 0.331 e. The zero-order valence-electron chi connectivity index (χ0n) is 14.7. The van der Waals surface area contributed by atoms with Gasteiger partial charge in [0.2, 0.25) is 0 Å². The van der Waals surface area contributed by atoms with Crippen LogP contribution in [0.5, 0.6) is 11.5 Å². The predicted octanol–water partition coefficient (Wildman–Crippen LogP) is 3.51. The number of aromatic hydroxyl groups is 1. The maximum Gasteiger partial charge on any atom is 0.331 e. The van der Waals surface area contributed by atoms with E-state index in [0.717, 1.165) is 0 Å². The molecule has 0 bridgehead atoms. The number of carbonyl (C=O) groups is 1. The summed E-state index contributed by atoms with van der Waals surface area (Å²) in [4.78, 5) is 11.7. The second kappa shape index (κ2) is 9.36. The van der Waals surface area contributed by atoms with Gasteiger partial charge in [0.25, 0.3) is 0 Å². The van der Waals surface area contributed by atoms with E-state index in [2.05, 4.69) is 0 Å². The summed E-state index contributed by atoms with van der Waals surface area (Å²) < 4.78 is 15.2. The van der Waals surface area contributed by atoms with Gasteiger partial charge in [-0.15, -0.1) is 0 Å². The summed E-state index contributed by atoms with van der Waals surface area (Å²) in [5.41, 5.74) is 0.707. The Morgan fingerprint density at radius 2 is 2.08 bits per heavy atom.